The standard InChI is InChI=1S/C15H11ClO3S/c1-2-18-10-4-3-9-7-12(19-11(9)8-10)15(17)13-5-6-14(16)20-13/h3-8H,2H2,1H3. The molecule has 102 valence electrons. The Labute approximate surface area is 124 Å². The van der Waals surface area contributed by atoms with E-state index in [1.54, 1.807) is 24.3 Å². The van der Waals surface area contributed by atoms with E-state index in [4.69, 9.17) is 20.8 Å². The SMILES string of the molecule is CCOc1ccc2cc(C(=O)c3ccc(Cl)s3)oc2c1. The maximum atomic E-state index is 12.3. The highest BCUT2D eigenvalue weighted by Gasteiger charge is 2.16. The van der Waals surface area contributed by atoms with Gasteiger partial charge < -0.3 is 9.15 Å². The molecule has 0 fully saturated rings. The summed E-state index contributed by atoms with van der Waals surface area (Å²) in [6.45, 7) is 2.51. The van der Waals surface area contributed by atoms with E-state index in [9.17, 15) is 4.79 Å². The molecule has 2 aromatic heterocycles. The number of carbonyl (C=O) groups is 1. The van der Waals surface area contributed by atoms with E-state index in [1.165, 1.54) is 11.3 Å². The van der Waals surface area contributed by atoms with Gasteiger partial charge in [-0.15, -0.1) is 11.3 Å². The first-order valence-corrected chi connectivity index (χ1v) is 7.33. The highest BCUT2D eigenvalue weighted by atomic mass is 35.5. The zero-order valence-electron chi connectivity index (χ0n) is 10.7. The molecule has 2 heterocycles. The number of furan rings is 1. The lowest BCUT2D eigenvalue weighted by atomic mass is 10.2. The van der Waals surface area contributed by atoms with E-state index in [0.717, 1.165) is 11.1 Å². The van der Waals surface area contributed by atoms with E-state index < -0.39 is 0 Å². The number of ether oxygens (including phenoxy) is 1. The summed E-state index contributed by atoms with van der Waals surface area (Å²) in [4.78, 5) is 12.8. The van der Waals surface area contributed by atoms with Gasteiger partial charge in [0.15, 0.2) is 5.76 Å². The van der Waals surface area contributed by atoms with Crippen LogP contribution in [0.15, 0.2) is 40.8 Å². The Morgan fingerprint density at radius 2 is 2.15 bits per heavy atom. The number of hydrogen-bond acceptors (Lipinski definition) is 4. The first kappa shape index (κ1) is 13.2. The molecular weight excluding hydrogens is 296 g/mol. The molecule has 0 aliphatic heterocycles. The molecule has 1 aromatic carbocycles. The number of carbonyl (C=O) groups excluding carboxylic acids is 1. The maximum absolute atomic E-state index is 12.3. The molecule has 20 heavy (non-hydrogen) atoms. The van der Waals surface area contributed by atoms with E-state index >= 15 is 0 Å². The lowest BCUT2D eigenvalue weighted by Crippen LogP contribution is -1.95. The molecule has 0 aliphatic rings. The summed E-state index contributed by atoms with van der Waals surface area (Å²) in [5.74, 6) is 0.885. The van der Waals surface area contributed by atoms with Gasteiger partial charge in [0, 0.05) is 11.5 Å². The van der Waals surface area contributed by atoms with Gasteiger partial charge in [0.25, 0.3) is 0 Å². The molecule has 0 N–H and O–H groups in total. The lowest BCUT2D eigenvalue weighted by molar-refractivity contribution is 0.101. The number of ketones is 1. The molecule has 0 amide bonds. The summed E-state index contributed by atoms with van der Waals surface area (Å²) in [6.07, 6.45) is 0. The highest BCUT2D eigenvalue weighted by Crippen LogP contribution is 2.28. The van der Waals surface area contributed by atoms with Crippen molar-refractivity contribution in [3.8, 4) is 5.75 Å². The molecule has 0 aliphatic carbocycles. The second-order valence-corrected chi connectivity index (χ2v) is 5.89. The molecule has 5 heteroatoms. The third-order valence-corrected chi connectivity index (χ3v) is 4.05. The monoisotopic (exact) mass is 306 g/mol. The van der Waals surface area contributed by atoms with Crippen molar-refractivity contribution in [1.82, 2.24) is 0 Å². The van der Waals surface area contributed by atoms with Crippen molar-refractivity contribution in [3.63, 3.8) is 0 Å². The molecule has 0 unspecified atom stereocenters. The predicted octanol–water partition coefficient (Wildman–Crippen LogP) is 4.78. The van der Waals surface area contributed by atoms with Crippen LogP contribution in [0.2, 0.25) is 4.34 Å². The molecule has 3 aromatic rings. The lowest BCUT2D eigenvalue weighted by Gasteiger charge is -2.00. The first-order chi connectivity index (χ1) is 9.67. The second kappa shape index (κ2) is 5.31. The molecule has 0 spiro atoms. The Morgan fingerprint density at radius 1 is 1.30 bits per heavy atom. The summed E-state index contributed by atoms with van der Waals surface area (Å²) >= 11 is 7.09. The van der Waals surface area contributed by atoms with Crippen LogP contribution in [0.4, 0.5) is 0 Å². The summed E-state index contributed by atoms with van der Waals surface area (Å²) in [5.41, 5.74) is 0.641. The summed E-state index contributed by atoms with van der Waals surface area (Å²) < 4.78 is 11.6. The molecule has 0 saturated heterocycles. The van der Waals surface area contributed by atoms with Crippen LogP contribution >= 0.6 is 22.9 Å². The highest BCUT2D eigenvalue weighted by molar-refractivity contribution is 7.18. The summed E-state index contributed by atoms with van der Waals surface area (Å²) in [6, 6.07) is 10.7. The fraction of sp³-hybridized carbons (Fsp3) is 0.133. The van der Waals surface area contributed by atoms with Gasteiger partial charge in [-0.05, 0) is 37.3 Å². The van der Waals surface area contributed by atoms with E-state index in [-0.39, 0.29) is 5.78 Å². The van der Waals surface area contributed by atoms with E-state index in [0.29, 0.717) is 27.2 Å². The number of rotatable bonds is 4. The Kier molecular flexibility index (Phi) is 3.51. The normalized spacial score (nSPS) is 10.9. The van der Waals surface area contributed by atoms with E-state index in [1.807, 2.05) is 19.1 Å². The van der Waals surface area contributed by atoms with Gasteiger partial charge in [0.1, 0.15) is 11.3 Å². The molecule has 3 nitrogen and oxygen atoms in total. The minimum Gasteiger partial charge on any atom is -0.494 e. The average Bonchev–Trinajstić information content (AvgIpc) is 3.04. The van der Waals surface area contributed by atoms with Crippen LogP contribution in [-0.4, -0.2) is 12.4 Å². The number of hydrogen-bond donors (Lipinski definition) is 0. The van der Waals surface area contributed by atoms with Gasteiger partial charge in [0.05, 0.1) is 15.8 Å². The zero-order chi connectivity index (χ0) is 14.1. The third kappa shape index (κ3) is 2.44. The third-order valence-electron chi connectivity index (χ3n) is 2.82. The smallest absolute Gasteiger partial charge is 0.238 e. The molecule has 3 rings (SSSR count). The number of thiophene rings is 1. The van der Waals surface area contributed by atoms with Crippen LogP contribution in [0.1, 0.15) is 22.4 Å². The average molecular weight is 307 g/mol. The van der Waals surface area contributed by atoms with Crippen LogP contribution in [0.3, 0.4) is 0 Å². The number of halogens is 1. The fourth-order valence-corrected chi connectivity index (χ4v) is 2.93. The first-order valence-electron chi connectivity index (χ1n) is 6.14. The van der Waals surface area contributed by atoms with Gasteiger partial charge in [-0.3, -0.25) is 4.79 Å². The van der Waals surface area contributed by atoms with Gasteiger partial charge in [-0.2, -0.15) is 0 Å². The van der Waals surface area contributed by atoms with Crippen LogP contribution in [-0.2, 0) is 0 Å². The minimum atomic E-state index is -0.156. The minimum absolute atomic E-state index is 0.156. The van der Waals surface area contributed by atoms with Crippen molar-refractivity contribution < 1.29 is 13.9 Å². The Hall–Kier alpha value is -1.78. The second-order valence-electron chi connectivity index (χ2n) is 4.18. The van der Waals surface area contributed by atoms with Crippen molar-refractivity contribution in [2.45, 2.75) is 6.92 Å². The largest absolute Gasteiger partial charge is 0.494 e. The summed E-state index contributed by atoms with van der Waals surface area (Å²) in [5, 5.41) is 0.874. The quantitative estimate of drug-likeness (QED) is 0.651. The summed E-state index contributed by atoms with van der Waals surface area (Å²) in [7, 11) is 0. The van der Waals surface area contributed by atoms with Crippen molar-refractivity contribution in [2.24, 2.45) is 0 Å². The molecule has 0 bridgehead atoms. The van der Waals surface area contributed by atoms with Crippen molar-refractivity contribution in [2.75, 3.05) is 6.61 Å². The van der Waals surface area contributed by atoms with Crippen molar-refractivity contribution >= 4 is 39.7 Å². The van der Waals surface area contributed by atoms with Crippen LogP contribution in [0, 0.1) is 0 Å². The van der Waals surface area contributed by atoms with Crippen LogP contribution in [0.5, 0.6) is 5.75 Å². The fourth-order valence-electron chi connectivity index (χ4n) is 1.94. The molecule has 0 radical (unpaired) electrons. The molecule has 0 saturated carbocycles. The maximum Gasteiger partial charge on any atom is 0.238 e. The molecule has 0 atom stereocenters. The Morgan fingerprint density at radius 3 is 2.85 bits per heavy atom. The topological polar surface area (TPSA) is 39.4 Å². The van der Waals surface area contributed by atoms with Gasteiger partial charge in [-0.25, -0.2) is 0 Å². The van der Waals surface area contributed by atoms with Crippen molar-refractivity contribution in [3.05, 3.63) is 51.4 Å². The predicted molar refractivity (Wildman–Crippen MR) is 80.1 cm³/mol. The Bertz CT molecular complexity index is 772. The number of fused-ring (bicyclic) bond motifs is 1. The molecular formula is C15H11ClO3S. The van der Waals surface area contributed by atoms with E-state index in [2.05, 4.69) is 0 Å². The van der Waals surface area contributed by atoms with Gasteiger partial charge in [0.2, 0.25) is 5.78 Å². The number of benzene rings is 1. The van der Waals surface area contributed by atoms with Crippen molar-refractivity contribution in [1.29, 1.82) is 0 Å². The van der Waals surface area contributed by atoms with Gasteiger partial charge in [-0.1, -0.05) is 11.6 Å². The van der Waals surface area contributed by atoms with Crippen LogP contribution < -0.4 is 4.74 Å². The van der Waals surface area contributed by atoms with Gasteiger partial charge >= 0.3 is 0 Å². The zero-order valence-corrected chi connectivity index (χ0v) is 12.3. The van der Waals surface area contributed by atoms with Crippen LogP contribution in [0.25, 0.3) is 11.0 Å². The Balaban J connectivity index is 1.98.